The number of hydrogen-bond acceptors (Lipinski definition) is 5. The number of halogens is 1. The molecule has 0 bridgehead atoms. The van der Waals surface area contributed by atoms with Crippen molar-refractivity contribution in [3.63, 3.8) is 0 Å². The summed E-state index contributed by atoms with van der Waals surface area (Å²) in [6, 6.07) is 10.2. The summed E-state index contributed by atoms with van der Waals surface area (Å²) in [5.74, 6) is -0.360. The molecule has 0 spiro atoms. The molecule has 1 aliphatic rings. The van der Waals surface area contributed by atoms with Gasteiger partial charge in [-0.25, -0.2) is 0 Å². The lowest BCUT2D eigenvalue weighted by molar-refractivity contribution is -0.144. The van der Waals surface area contributed by atoms with Gasteiger partial charge in [-0.1, -0.05) is 17.7 Å². The lowest BCUT2D eigenvalue weighted by Gasteiger charge is -2.38. The van der Waals surface area contributed by atoms with E-state index in [0.717, 1.165) is 25.3 Å². The number of pyridine rings is 1. The highest BCUT2D eigenvalue weighted by Crippen LogP contribution is 2.32. The highest BCUT2D eigenvalue weighted by Gasteiger charge is 2.32. The van der Waals surface area contributed by atoms with Crippen molar-refractivity contribution in [1.29, 1.82) is 0 Å². The van der Waals surface area contributed by atoms with Crippen LogP contribution in [0.4, 0.5) is 0 Å². The molecule has 3 rings (SSSR count). The van der Waals surface area contributed by atoms with Crippen molar-refractivity contribution < 1.29 is 14.6 Å². The molecular formula is C19H22ClN3O3. The molecule has 1 aromatic heterocycles. The molecule has 7 heteroatoms. The maximum absolute atomic E-state index is 12.0. The molecule has 2 heterocycles. The van der Waals surface area contributed by atoms with Gasteiger partial charge in [0.1, 0.15) is 11.8 Å². The number of nitrogens with zero attached hydrogens (tertiary/aromatic N) is 3. The lowest BCUT2D eigenvalue weighted by atomic mass is 10.0. The normalized spacial score (nSPS) is 17.0. The first kappa shape index (κ1) is 18.6. The van der Waals surface area contributed by atoms with E-state index in [1.165, 1.54) is 7.11 Å². The van der Waals surface area contributed by atoms with Crippen LogP contribution >= 0.6 is 11.6 Å². The van der Waals surface area contributed by atoms with E-state index >= 15 is 0 Å². The van der Waals surface area contributed by atoms with Crippen LogP contribution < -0.4 is 4.74 Å². The Bertz CT molecular complexity index is 749. The minimum atomic E-state index is -0.899. The molecule has 138 valence electrons. The van der Waals surface area contributed by atoms with Crippen molar-refractivity contribution in [2.24, 2.45) is 0 Å². The molecule has 0 saturated carbocycles. The first-order valence-electron chi connectivity index (χ1n) is 8.51. The van der Waals surface area contributed by atoms with Crippen LogP contribution in [0.25, 0.3) is 0 Å². The fourth-order valence-corrected chi connectivity index (χ4v) is 3.49. The standard InChI is InChI=1S/C19H22ClN3O3/c1-26-17-6-5-14(20)12-16(17)18(19(24)25)23-10-8-22(9-11-23)13-15-4-2-3-7-21-15/h2-7,12,18H,8-11,13H2,1H3,(H,24,25)/t18-/m1/s1. The number of benzene rings is 1. The van der Waals surface area contributed by atoms with Crippen molar-refractivity contribution in [3.05, 3.63) is 58.9 Å². The number of aliphatic carboxylic acids is 1. The third-order valence-electron chi connectivity index (χ3n) is 4.60. The summed E-state index contributed by atoms with van der Waals surface area (Å²) in [5.41, 5.74) is 1.61. The van der Waals surface area contributed by atoms with E-state index in [1.54, 1.807) is 24.4 Å². The van der Waals surface area contributed by atoms with Gasteiger partial charge in [0.2, 0.25) is 0 Å². The van der Waals surface area contributed by atoms with E-state index in [2.05, 4.69) is 9.88 Å². The van der Waals surface area contributed by atoms with Crippen molar-refractivity contribution in [1.82, 2.24) is 14.8 Å². The molecule has 0 unspecified atom stereocenters. The summed E-state index contributed by atoms with van der Waals surface area (Å²) >= 11 is 6.09. The van der Waals surface area contributed by atoms with E-state index in [4.69, 9.17) is 16.3 Å². The van der Waals surface area contributed by atoms with Gasteiger partial charge in [-0.05, 0) is 30.3 Å². The molecule has 1 fully saturated rings. The van der Waals surface area contributed by atoms with Crippen LogP contribution in [0.2, 0.25) is 5.02 Å². The van der Waals surface area contributed by atoms with Gasteiger partial charge in [-0.3, -0.25) is 19.6 Å². The molecule has 0 aliphatic carbocycles. The molecule has 6 nitrogen and oxygen atoms in total. The fourth-order valence-electron chi connectivity index (χ4n) is 3.31. The van der Waals surface area contributed by atoms with Gasteiger partial charge in [0, 0.05) is 49.5 Å². The second kappa shape index (κ2) is 8.49. The number of carbonyl (C=O) groups is 1. The minimum absolute atomic E-state index is 0.501. The topological polar surface area (TPSA) is 65.9 Å². The largest absolute Gasteiger partial charge is 0.496 e. The fraction of sp³-hybridized carbons (Fsp3) is 0.368. The SMILES string of the molecule is COc1ccc(Cl)cc1[C@H](C(=O)O)N1CCN(Cc2ccccn2)CC1. The molecule has 1 aliphatic heterocycles. The van der Waals surface area contributed by atoms with Crippen LogP contribution in [0.5, 0.6) is 5.75 Å². The first-order valence-corrected chi connectivity index (χ1v) is 8.89. The molecule has 2 aromatic rings. The summed E-state index contributed by atoms with van der Waals surface area (Å²) in [5, 5.41) is 10.3. The van der Waals surface area contributed by atoms with E-state index in [9.17, 15) is 9.90 Å². The third kappa shape index (κ3) is 4.33. The Balaban J connectivity index is 1.71. The van der Waals surface area contributed by atoms with Crippen molar-refractivity contribution in [2.75, 3.05) is 33.3 Å². The minimum Gasteiger partial charge on any atom is -0.496 e. The van der Waals surface area contributed by atoms with Gasteiger partial charge in [-0.15, -0.1) is 0 Å². The Morgan fingerprint density at radius 2 is 2.04 bits per heavy atom. The van der Waals surface area contributed by atoms with Crippen LogP contribution in [-0.2, 0) is 11.3 Å². The van der Waals surface area contributed by atoms with E-state index < -0.39 is 12.0 Å². The third-order valence-corrected chi connectivity index (χ3v) is 4.84. The van der Waals surface area contributed by atoms with Crippen molar-refractivity contribution >= 4 is 17.6 Å². The average molecular weight is 376 g/mol. The van der Waals surface area contributed by atoms with Gasteiger partial charge >= 0.3 is 5.97 Å². The lowest BCUT2D eigenvalue weighted by Crippen LogP contribution is -2.49. The number of methoxy groups -OCH3 is 1. The monoisotopic (exact) mass is 375 g/mol. The van der Waals surface area contributed by atoms with Crippen LogP contribution in [-0.4, -0.2) is 59.1 Å². The summed E-state index contributed by atoms with van der Waals surface area (Å²) in [7, 11) is 1.54. The Labute approximate surface area is 158 Å². The number of carboxylic acids is 1. The Morgan fingerprint density at radius 3 is 2.65 bits per heavy atom. The van der Waals surface area contributed by atoms with Crippen LogP contribution in [0.15, 0.2) is 42.6 Å². The molecule has 0 radical (unpaired) electrons. The molecule has 26 heavy (non-hydrogen) atoms. The van der Waals surface area contributed by atoms with Crippen molar-refractivity contribution in [2.45, 2.75) is 12.6 Å². The number of carboxylic acid groups (broad SMARTS) is 1. The molecule has 1 N–H and O–H groups in total. The molecule has 1 atom stereocenters. The Morgan fingerprint density at radius 1 is 1.27 bits per heavy atom. The summed E-state index contributed by atoms with van der Waals surface area (Å²) in [6.07, 6.45) is 1.79. The van der Waals surface area contributed by atoms with E-state index in [-0.39, 0.29) is 0 Å². The van der Waals surface area contributed by atoms with E-state index in [1.807, 2.05) is 23.1 Å². The van der Waals surface area contributed by atoms with Gasteiger partial charge in [-0.2, -0.15) is 0 Å². The Kier molecular flexibility index (Phi) is 6.08. The van der Waals surface area contributed by atoms with Gasteiger partial charge in [0.05, 0.1) is 12.8 Å². The summed E-state index contributed by atoms with van der Waals surface area (Å²) in [4.78, 5) is 20.6. The zero-order valence-corrected chi connectivity index (χ0v) is 15.4. The first-order chi connectivity index (χ1) is 12.6. The highest BCUT2D eigenvalue weighted by molar-refractivity contribution is 6.30. The van der Waals surface area contributed by atoms with Gasteiger partial charge in [0.25, 0.3) is 0 Å². The Hall–Kier alpha value is -2.15. The molecule has 1 aromatic carbocycles. The van der Waals surface area contributed by atoms with Crippen LogP contribution in [0.1, 0.15) is 17.3 Å². The second-order valence-corrected chi connectivity index (χ2v) is 6.70. The summed E-state index contributed by atoms with van der Waals surface area (Å²) in [6.45, 7) is 3.64. The summed E-state index contributed by atoms with van der Waals surface area (Å²) < 4.78 is 5.36. The predicted molar refractivity (Wildman–Crippen MR) is 99.5 cm³/mol. The quantitative estimate of drug-likeness (QED) is 0.837. The zero-order valence-electron chi connectivity index (χ0n) is 14.6. The number of rotatable bonds is 6. The zero-order chi connectivity index (χ0) is 18.5. The number of piperazine rings is 1. The average Bonchev–Trinajstić information content (AvgIpc) is 2.64. The second-order valence-electron chi connectivity index (χ2n) is 6.26. The van der Waals surface area contributed by atoms with Crippen LogP contribution in [0.3, 0.4) is 0 Å². The number of hydrogen-bond donors (Lipinski definition) is 1. The maximum Gasteiger partial charge on any atom is 0.325 e. The number of ether oxygens (including phenoxy) is 1. The van der Waals surface area contributed by atoms with Gasteiger partial charge in [0.15, 0.2) is 0 Å². The van der Waals surface area contributed by atoms with Crippen molar-refractivity contribution in [3.8, 4) is 5.75 Å². The van der Waals surface area contributed by atoms with Gasteiger partial charge < -0.3 is 9.84 Å². The smallest absolute Gasteiger partial charge is 0.325 e. The molecule has 0 amide bonds. The van der Waals surface area contributed by atoms with Crippen LogP contribution in [0, 0.1) is 0 Å². The maximum atomic E-state index is 12.0. The predicted octanol–water partition coefficient (Wildman–Crippen LogP) is 2.69. The molecular weight excluding hydrogens is 354 g/mol. The highest BCUT2D eigenvalue weighted by atomic mass is 35.5. The van der Waals surface area contributed by atoms with E-state index in [0.29, 0.717) is 29.4 Å². The number of aromatic nitrogens is 1. The molecule has 1 saturated heterocycles.